The van der Waals surface area contributed by atoms with Gasteiger partial charge in [-0.05, 0) is 38.4 Å². The third-order valence-electron chi connectivity index (χ3n) is 5.35. The number of anilines is 1. The van der Waals surface area contributed by atoms with Crippen molar-refractivity contribution in [2.24, 2.45) is 7.05 Å². The molecule has 0 bridgehead atoms. The van der Waals surface area contributed by atoms with E-state index in [-0.39, 0.29) is 5.56 Å². The lowest BCUT2D eigenvalue weighted by Gasteiger charge is -2.27. The SMILES string of the molecule is CN(Cc1ccccn1)C1CCCN(c2nc3c(cnn3C)c(=O)[nH]2)CC1. The first-order valence-corrected chi connectivity index (χ1v) is 9.39. The minimum atomic E-state index is -0.129. The molecule has 4 rings (SSSR count). The number of aromatic amines is 1. The molecule has 1 N–H and O–H groups in total. The molecule has 0 amide bonds. The molecule has 1 atom stereocenters. The predicted molar refractivity (Wildman–Crippen MR) is 105 cm³/mol. The molecule has 1 aliphatic heterocycles. The van der Waals surface area contributed by atoms with Crippen LogP contribution in [-0.2, 0) is 13.6 Å². The molecule has 1 aliphatic rings. The Labute approximate surface area is 157 Å². The van der Waals surface area contributed by atoms with Crippen LogP contribution in [0.1, 0.15) is 25.0 Å². The average Bonchev–Trinajstić information content (AvgIpc) is 2.90. The van der Waals surface area contributed by atoms with Gasteiger partial charge in [0.25, 0.3) is 5.56 Å². The van der Waals surface area contributed by atoms with Crippen molar-refractivity contribution in [3.8, 4) is 0 Å². The summed E-state index contributed by atoms with van der Waals surface area (Å²) in [5.74, 6) is 0.643. The van der Waals surface area contributed by atoms with Gasteiger partial charge in [-0.2, -0.15) is 10.1 Å². The molecule has 142 valence electrons. The standard InChI is InChI=1S/C19H25N7O/c1-24(13-14-6-3-4-9-20-14)15-7-5-10-26(11-8-15)19-22-17-16(18(27)23-19)12-21-25(17)2/h3-4,6,9,12,15H,5,7-8,10-11,13H2,1-2H3,(H,22,23,27). The number of rotatable bonds is 4. The van der Waals surface area contributed by atoms with Crippen LogP contribution in [0.25, 0.3) is 11.0 Å². The van der Waals surface area contributed by atoms with Gasteiger partial charge in [-0.3, -0.25) is 24.3 Å². The number of aryl methyl sites for hydroxylation is 1. The van der Waals surface area contributed by atoms with Crippen molar-refractivity contribution >= 4 is 17.0 Å². The Kier molecular flexibility index (Phi) is 4.89. The van der Waals surface area contributed by atoms with E-state index < -0.39 is 0 Å². The van der Waals surface area contributed by atoms with Gasteiger partial charge in [0, 0.05) is 38.9 Å². The molecule has 3 aromatic rings. The summed E-state index contributed by atoms with van der Waals surface area (Å²) in [7, 11) is 3.97. The van der Waals surface area contributed by atoms with Gasteiger partial charge in [0.1, 0.15) is 5.39 Å². The predicted octanol–water partition coefficient (Wildman–Crippen LogP) is 1.54. The van der Waals surface area contributed by atoms with Gasteiger partial charge in [-0.15, -0.1) is 0 Å². The number of aromatic nitrogens is 5. The van der Waals surface area contributed by atoms with E-state index in [1.807, 2.05) is 25.4 Å². The molecule has 4 heterocycles. The molecule has 0 radical (unpaired) electrons. The van der Waals surface area contributed by atoms with E-state index in [2.05, 4.69) is 43.0 Å². The van der Waals surface area contributed by atoms with Crippen molar-refractivity contribution in [1.82, 2.24) is 29.6 Å². The minimum absolute atomic E-state index is 0.129. The van der Waals surface area contributed by atoms with Crippen LogP contribution in [0.15, 0.2) is 35.4 Å². The van der Waals surface area contributed by atoms with Crippen LogP contribution in [0.2, 0.25) is 0 Å². The molecule has 3 aromatic heterocycles. The van der Waals surface area contributed by atoms with Gasteiger partial charge >= 0.3 is 0 Å². The number of hydrogen-bond donors (Lipinski definition) is 1. The van der Waals surface area contributed by atoms with E-state index in [1.54, 1.807) is 10.9 Å². The monoisotopic (exact) mass is 367 g/mol. The highest BCUT2D eigenvalue weighted by molar-refractivity contribution is 5.74. The van der Waals surface area contributed by atoms with Gasteiger partial charge in [0.05, 0.1) is 11.9 Å². The molecule has 27 heavy (non-hydrogen) atoms. The van der Waals surface area contributed by atoms with Crippen molar-refractivity contribution in [3.05, 3.63) is 46.6 Å². The van der Waals surface area contributed by atoms with Crippen molar-refractivity contribution < 1.29 is 0 Å². The summed E-state index contributed by atoms with van der Waals surface area (Å²) in [6, 6.07) is 6.53. The molecule has 1 fully saturated rings. The normalized spacial score (nSPS) is 18.2. The summed E-state index contributed by atoms with van der Waals surface area (Å²) in [6.07, 6.45) is 6.61. The van der Waals surface area contributed by atoms with Crippen LogP contribution in [0.3, 0.4) is 0 Å². The summed E-state index contributed by atoms with van der Waals surface area (Å²) < 4.78 is 1.65. The van der Waals surface area contributed by atoms with Gasteiger partial charge in [-0.25, -0.2) is 0 Å². The quantitative estimate of drug-likeness (QED) is 0.753. The van der Waals surface area contributed by atoms with E-state index >= 15 is 0 Å². The Balaban J connectivity index is 1.47. The highest BCUT2D eigenvalue weighted by atomic mass is 16.1. The Morgan fingerprint density at radius 1 is 1.30 bits per heavy atom. The highest BCUT2D eigenvalue weighted by Gasteiger charge is 2.22. The number of nitrogens with one attached hydrogen (secondary N) is 1. The number of fused-ring (bicyclic) bond motifs is 1. The summed E-state index contributed by atoms with van der Waals surface area (Å²) in [4.78, 5) is 28.9. The van der Waals surface area contributed by atoms with Crippen LogP contribution < -0.4 is 10.5 Å². The first-order chi connectivity index (χ1) is 13.1. The van der Waals surface area contributed by atoms with Crippen LogP contribution in [-0.4, -0.2) is 55.8 Å². The maximum Gasteiger partial charge on any atom is 0.263 e. The molecule has 1 unspecified atom stereocenters. The summed E-state index contributed by atoms with van der Waals surface area (Å²) >= 11 is 0. The molecular weight excluding hydrogens is 342 g/mol. The van der Waals surface area contributed by atoms with Crippen LogP contribution in [0.5, 0.6) is 0 Å². The second-order valence-corrected chi connectivity index (χ2v) is 7.20. The Hall–Kier alpha value is -2.74. The van der Waals surface area contributed by atoms with Crippen LogP contribution in [0.4, 0.5) is 5.95 Å². The van der Waals surface area contributed by atoms with Gasteiger partial charge in [-0.1, -0.05) is 6.07 Å². The highest BCUT2D eigenvalue weighted by Crippen LogP contribution is 2.20. The first kappa shape index (κ1) is 17.7. The second-order valence-electron chi connectivity index (χ2n) is 7.20. The lowest BCUT2D eigenvalue weighted by Crippen LogP contribution is -2.33. The molecule has 0 aromatic carbocycles. The zero-order chi connectivity index (χ0) is 18.8. The molecule has 8 nitrogen and oxygen atoms in total. The number of pyridine rings is 1. The maximum absolute atomic E-state index is 12.3. The van der Waals surface area contributed by atoms with E-state index in [0.717, 1.165) is 44.6 Å². The summed E-state index contributed by atoms with van der Waals surface area (Å²) in [5.41, 5.74) is 1.59. The smallest absolute Gasteiger partial charge is 0.263 e. The van der Waals surface area contributed by atoms with E-state index in [1.165, 1.54) is 0 Å². The van der Waals surface area contributed by atoms with Gasteiger partial charge in [0.15, 0.2) is 5.65 Å². The second kappa shape index (κ2) is 7.48. The molecular formula is C19H25N7O. The fourth-order valence-corrected chi connectivity index (χ4v) is 3.78. The van der Waals surface area contributed by atoms with Crippen molar-refractivity contribution in [2.45, 2.75) is 31.8 Å². The molecule has 0 spiro atoms. The van der Waals surface area contributed by atoms with Crippen LogP contribution in [0, 0.1) is 0 Å². The maximum atomic E-state index is 12.3. The Morgan fingerprint density at radius 3 is 3.00 bits per heavy atom. The summed E-state index contributed by atoms with van der Waals surface area (Å²) in [6.45, 7) is 2.60. The largest absolute Gasteiger partial charge is 0.342 e. The topological polar surface area (TPSA) is 82.9 Å². The Morgan fingerprint density at radius 2 is 2.19 bits per heavy atom. The zero-order valence-electron chi connectivity index (χ0n) is 15.8. The van der Waals surface area contributed by atoms with E-state index in [0.29, 0.717) is 23.0 Å². The van der Waals surface area contributed by atoms with E-state index in [4.69, 9.17) is 0 Å². The average molecular weight is 367 g/mol. The minimum Gasteiger partial charge on any atom is -0.342 e. The third kappa shape index (κ3) is 3.71. The van der Waals surface area contributed by atoms with Gasteiger partial charge in [0.2, 0.25) is 5.95 Å². The van der Waals surface area contributed by atoms with Crippen molar-refractivity contribution in [3.63, 3.8) is 0 Å². The van der Waals surface area contributed by atoms with Crippen LogP contribution >= 0.6 is 0 Å². The number of hydrogen-bond acceptors (Lipinski definition) is 6. The molecule has 1 saturated heterocycles. The lowest BCUT2D eigenvalue weighted by atomic mass is 10.1. The van der Waals surface area contributed by atoms with Crippen molar-refractivity contribution in [1.29, 1.82) is 0 Å². The van der Waals surface area contributed by atoms with E-state index in [9.17, 15) is 4.79 Å². The Bertz CT molecular complexity index is 965. The lowest BCUT2D eigenvalue weighted by molar-refractivity contribution is 0.215. The molecule has 8 heteroatoms. The zero-order valence-corrected chi connectivity index (χ0v) is 15.8. The number of nitrogens with zero attached hydrogens (tertiary/aromatic N) is 6. The van der Waals surface area contributed by atoms with Crippen molar-refractivity contribution in [2.75, 3.05) is 25.0 Å². The van der Waals surface area contributed by atoms with Gasteiger partial charge < -0.3 is 4.90 Å². The molecule has 0 aliphatic carbocycles. The summed E-state index contributed by atoms with van der Waals surface area (Å²) in [5, 5.41) is 4.67. The number of H-pyrrole nitrogens is 1. The molecule has 0 saturated carbocycles. The fraction of sp³-hybridized carbons (Fsp3) is 0.474. The fourth-order valence-electron chi connectivity index (χ4n) is 3.78. The third-order valence-corrected chi connectivity index (χ3v) is 5.35. The first-order valence-electron chi connectivity index (χ1n) is 9.39.